The SMILES string of the molecule is CC(=O)Nc1ccc(CC(=O)NC(C)(C)c2nc(C)c(C)s2)cc1. The first kappa shape index (κ1) is 18.1. The number of carbonyl (C=O) groups excluding carboxylic acids is 2. The average Bonchev–Trinajstić information content (AvgIpc) is 2.80. The van der Waals surface area contributed by atoms with Gasteiger partial charge in [0.2, 0.25) is 11.8 Å². The highest BCUT2D eigenvalue weighted by Gasteiger charge is 2.26. The minimum Gasteiger partial charge on any atom is -0.344 e. The van der Waals surface area contributed by atoms with Crippen molar-refractivity contribution in [2.45, 2.75) is 46.6 Å². The Hall–Kier alpha value is -2.21. The number of hydrogen-bond acceptors (Lipinski definition) is 4. The largest absolute Gasteiger partial charge is 0.344 e. The lowest BCUT2D eigenvalue weighted by Gasteiger charge is -2.24. The van der Waals surface area contributed by atoms with Crippen molar-refractivity contribution >= 4 is 28.8 Å². The summed E-state index contributed by atoms with van der Waals surface area (Å²) < 4.78 is 0. The zero-order valence-electron chi connectivity index (χ0n) is 14.7. The predicted molar refractivity (Wildman–Crippen MR) is 97.2 cm³/mol. The third-order valence-electron chi connectivity index (χ3n) is 3.65. The summed E-state index contributed by atoms with van der Waals surface area (Å²) in [7, 11) is 0. The molecule has 0 radical (unpaired) electrons. The highest BCUT2D eigenvalue weighted by Crippen LogP contribution is 2.27. The molecule has 1 aromatic carbocycles. The van der Waals surface area contributed by atoms with E-state index in [1.807, 2.05) is 39.8 Å². The first-order chi connectivity index (χ1) is 11.2. The number of carbonyl (C=O) groups is 2. The standard InChI is InChI=1S/C18H23N3O2S/c1-11-12(2)24-17(19-11)18(4,5)21-16(23)10-14-6-8-15(9-7-14)20-13(3)22/h6-9H,10H2,1-5H3,(H,20,22)(H,21,23). The number of benzene rings is 1. The summed E-state index contributed by atoms with van der Waals surface area (Å²) in [5, 5.41) is 6.66. The van der Waals surface area contributed by atoms with Gasteiger partial charge in [-0.25, -0.2) is 4.98 Å². The molecule has 0 fully saturated rings. The lowest BCUT2D eigenvalue weighted by molar-refractivity contribution is -0.122. The van der Waals surface area contributed by atoms with E-state index in [1.54, 1.807) is 23.5 Å². The molecular formula is C18H23N3O2S. The number of aryl methyl sites for hydroxylation is 2. The topological polar surface area (TPSA) is 71.1 Å². The molecule has 0 aliphatic rings. The molecule has 0 saturated heterocycles. The minimum absolute atomic E-state index is 0.0576. The molecule has 2 rings (SSSR count). The third kappa shape index (κ3) is 4.64. The van der Waals surface area contributed by atoms with Crippen molar-refractivity contribution in [3.63, 3.8) is 0 Å². The van der Waals surface area contributed by atoms with E-state index in [0.717, 1.165) is 22.0 Å². The number of hydrogen-bond donors (Lipinski definition) is 2. The molecule has 2 N–H and O–H groups in total. The van der Waals surface area contributed by atoms with Crippen LogP contribution < -0.4 is 10.6 Å². The van der Waals surface area contributed by atoms with Crippen LogP contribution in [0.4, 0.5) is 5.69 Å². The zero-order valence-corrected chi connectivity index (χ0v) is 15.5. The van der Waals surface area contributed by atoms with Crippen LogP contribution >= 0.6 is 11.3 Å². The van der Waals surface area contributed by atoms with Gasteiger partial charge >= 0.3 is 0 Å². The second kappa shape index (κ2) is 7.13. The van der Waals surface area contributed by atoms with E-state index < -0.39 is 5.54 Å². The van der Waals surface area contributed by atoms with Crippen LogP contribution in [0.25, 0.3) is 0 Å². The van der Waals surface area contributed by atoms with Crippen LogP contribution in [-0.2, 0) is 21.5 Å². The number of nitrogens with zero attached hydrogens (tertiary/aromatic N) is 1. The van der Waals surface area contributed by atoms with Crippen LogP contribution in [0.2, 0.25) is 0 Å². The van der Waals surface area contributed by atoms with E-state index in [1.165, 1.54) is 11.8 Å². The van der Waals surface area contributed by atoms with Gasteiger partial charge in [0.1, 0.15) is 5.01 Å². The van der Waals surface area contributed by atoms with Crippen LogP contribution in [0.5, 0.6) is 0 Å². The summed E-state index contributed by atoms with van der Waals surface area (Å²) >= 11 is 1.61. The molecule has 0 bridgehead atoms. The lowest BCUT2D eigenvalue weighted by atomic mass is 10.1. The van der Waals surface area contributed by atoms with Crippen LogP contribution in [0.1, 0.15) is 41.9 Å². The van der Waals surface area contributed by atoms with Gasteiger partial charge in [-0.2, -0.15) is 0 Å². The first-order valence-corrected chi connectivity index (χ1v) is 8.61. The molecule has 1 heterocycles. The van der Waals surface area contributed by atoms with Crippen LogP contribution in [0.3, 0.4) is 0 Å². The summed E-state index contributed by atoms with van der Waals surface area (Å²) in [6, 6.07) is 7.27. The lowest BCUT2D eigenvalue weighted by Crippen LogP contribution is -2.41. The number of aromatic nitrogens is 1. The van der Waals surface area contributed by atoms with Crippen LogP contribution in [-0.4, -0.2) is 16.8 Å². The van der Waals surface area contributed by atoms with Crippen molar-refractivity contribution in [3.8, 4) is 0 Å². The van der Waals surface area contributed by atoms with Gasteiger partial charge in [-0.3, -0.25) is 9.59 Å². The molecular weight excluding hydrogens is 322 g/mol. The van der Waals surface area contributed by atoms with Crippen LogP contribution in [0, 0.1) is 13.8 Å². The van der Waals surface area contributed by atoms with Gasteiger partial charge in [0.05, 0.1) is 17.7 Å². The molecule has 0 saturated carbocycles. The molecule has 1 aromatic heterocycles. The Labute approximate surface area is 146 Å². The fourth-order valence-corrected chi connectivity index (χ4v) is 3.25. The van der Waals surface area contributed by atoms with Crippen molar-refractivity contribution in [2.24, 2.45) is 0 Å². The Kier molecular flexibility index (Phi) is 5.39. The molecule has 0 aliphatic heterocycles. The molecule has 5 nitrogen and oxygen atoms in total. The maximum atomic E-state index is 12.4. The van der Waals surface area contributed by atoms with E-state index in [4.69, 9.17) is 0 Å². The number of thiazole rings is 1. The van der Waals surface area contributed by atoms with Crippen molar-refractivity contribution in [3.05, 3.63) is 45.4 Å². The van der Waals surface area contributed by atoms with Gasteiger partial charge in [-0.05, 0) is 45.4 Å². The summed E-state index contributed by atoms with van der Waals surface area (Å²) in [4.78, 5) is 29.1. The Morgan fingerprint density at radius 3 is 2.29 bits per heavy atom. The smallest absolute Gasteiger partial charge is 0.225 e. The van der Waals surface area contributed by atoms with Crippen molar-refractivity contribution in [2.75, 3.05) is 5.32 Å². The second-order valence-corrected chi connectivity index (χ2v) is 7.59. The maximum absolute atomic E-state index is 12.4. The highest BCUT2D eigenvalue weighted by molar-refractivity contribution is 7.11. The van der Waals surface area contributed by atoms with Gasteiger partial charge in [-0.1, -0.05) is 12.1 Å². The first-order valence-electron chi connectivity index (χ1n) is 7.79. The van der Waals surface area contributed by atoms with E-state index in [-0.39, 0.29) is 18.2 Å². The van der Waals surface area contributed by atoms with Gasteiger partial charge in [0.25, 0.3) is 0 Å². The molecule has 0 unspecified atom stereocenters. The molecule has 128 valence electrons. The Morgan fingerprint density at radius 1 is 1.17 bits per heavy atom. The van der Waals surface area contributed by atoms with Gasteiger partial charge < -0.3 is 10.6 Å². The van der Waals surface area contributed by atoms with Gasteiger partial charge in [0, 0.05) is 17.5 Å². The molecule has 0 spiro atoms. The number of anilines is 1. The number of nitrogens with one attached hydrogen (secondary N) is 2. The summed E-state index contributed by atoms with van der Waals surface area (Å²) in [6.07, 6.45) is 0.285. The van der Waals surface area contributed by atoms with Crippen LogP contribution in [0.15, 0.2) is 24.3 Å². The van der Waals surface area contributed by atoms with Crippen molar-refractivity contribution in [1.82, 2.24) is 10.3 Å². The summed E-state index contributed by atoms with van der Waals surface area (Å²) in [6.45, 7) is 9.39. The zero-order chi connectivity index (χ0) is 17.9. The second-order valence-electron chi connectivity index (χ2n) is 6.39. The Morgan fingerprint density at radius 2 is 1.79 bits per heavy atom. The Balaban J connectivity index is 2.00. The molecule has 2 aromatic rings. The van der Waals surface area contributed by atoms with Gasteiger partial charge in [0.15, 0.2) is 0 Å². The third-order valence-corrected chi connectivity index (χ3v) is 5.05. The van der Waals surface area contributed by atoms with Crippen molar-refractivity contribution < 1.29 is 9.59 Å². The highest BCUT2D eigenvalue weighted by atomic mass is 32.1. The van der Waals surface area contributed by atoms with E-state index in [9.17, 15) is 9.59 Å². The van der Waals surface area contributed by atoms with E-state index >= 15 is 0 Å². The monoisotopic (exact) mass is 345 g/mol. The quantitative estimate of drug-likeness (QED) is 0.873. The normalized spacial score (nSPS) is 11.2. The number of rotatable bonds is 5. The van der Waals surface area contributed by atoms with Crippen molar-refractivity contribution in [1.29, 1.82) is 0 Å². The molecule has 0 aliphatic carbocycles. The number of amides is 2. The average molecular weight is 345 g/mol. The summed E-state index contributed by atoms with van der Waals surface area (Å²) in [5.41, 5.74) is 2.12. The Bertz CT molecular complexity index is 729. The molecule has 2 amide bonds. The van der Waals surface area contributed by atoms with E-state index in [0.29, 0.717) is 0 Å². The predicted octanol–water partition coefficient (Wildman–Crippen LogP) is 3.31. The van der Waals surface area contributed by atoms with E-state index in [2.05, 4.69) is 15.6 Å². The molecule has 6 heteroatoms. The van der Waals surface area contributed by atoms with Gasteiger partial charge in [-0.15, -0.1) is 11.3 Å². The molecule has 24 heavy (non-hydrogen) atoms. The summed E-state index contributed by atoms with van der Waals surface area (Å²) in [5.74, 6) is -0.172. The fraction of sp³-hybridized carbons (Fsp3) is 0.389. The molecule has 0 atom stereocenters. The maximum Gasteiger partial charge on any atom is 0.225 e. The fourth-order valence-electron chi connectivity index (χ4n) is 2.28. The minimum atomic E-state index is -0.503.